The third-order valence-corrected chi connectivity index (χ3v) is 8.98. The van der Waals surface area contributed by atoms with E-state index in [1.807, 2.05) is 22.9 Å². The highest BCUT2D eigenvalue weighted by Crippen LogP contribution is 2.52. The number of carboxylic acid groups (broad SMARTS) is 1. The van der Waals surface area contributed by atoms with Gasteiger partial charge in [0.05, 0.1) is 18.1 Å². The third-order valence-electron chi connectivity index (χ3n) is 6.57. The zero-order valence-corrected chi connectivity index (χ0v) is 18.6. The lowest BCUT2D eigenvalue weighted by atomic mass is 9.79. The Bertz CT molecular complexity index is 1080. The number of thioether (sulfide) groups is 1. The lowest BCUT2D eigenvalue weighted by molar-refractivity contribution is -0.163. The van der Waals surface area contributed by atoms with Crippen molar-refractivity contribution in [3.8, 4) is 0 Å². The summed E-state index contributed by atoms with van der Waals surface area (Å²) in [6.07, 6.45) is 2.67. The van der Waals surface area contributed by atoms with E-state index in [-0.39, 0.29) is 34.9 Å². The second-order valence-electron chi connectivity index (χ2n) is 8.45. The average molecular weight is 465 g/mol. The van der Waals surface area contributed by atoms with Crippen LogP contribution in [0.5, 0.6) is 0 Å². The van der Waals surface area contributed by atoms with Crippen LogP contribution in [0.3, 0.4) is 0 Å². The highest BCUT2D eigenvalue weighted by molar-refractivity contribution is 8.03. The molecule has 2 aromatic heterocycles. The summed E-state index contributed by atoms with van der Waals surface area (Å²) in [6, 6.07) is -0.498. The molecular weight excluding hydrogens is 440 g/mol. The van der Waals surface area contributed by atoms with Crippen molar-refractivity contribution in [2.75, 3.05) is 6.54 Å². The Hall–Kier alpha value is -1.92. The molecule has 7 atom stereocenters. The van der Waals surface area contributed by atoms with E-state index < -0.39 is 24.1 Å². The van der Waals surface area contributed by atoms with Crippen LogP contribution in [-0.4, -0.2) is 71.5 Å². The molecule has 0 saturated carbocycles. The smallest absolute Gasteiger partial charge is 0.353 e. The van der Waals surface area contributed by atoms with Crippen molar-refractivity contribution in [3.05, 3.63) is 34.2 Å². The minimum Gasteiger partial charge on any atom is -0.477 e. The molecule has 31 heavy (non-hydrogen) atoms. The van der Waals surface area contributed by atoms with Crippen molar-refractivity contribution >= 4 is 39.8 Å². The minimum absolute atomic E-state index is 0.0443. The Morgan fingerprint density at radius 1 is 1.42 bits per heavy atom. The molecule has 2 aromatic rings. The maximum absolute atomic E-state index is 12.5. The SMILES string of the molecule is C[C@@H](O)[C@H]1C(=O)N2C(C(=O)O)=C(S[C@@H]3CN[C@H](C(O)c4ncn5ccsc45)C3)[C@H](C)[C@H]12. The van der Waals surface area contributed by atoms with Crippen molar-refractivity contribution in [3.63, 3.8) is 0 Å². The highest BCUT2D eigenvalue weighted by atomic mass is 32.2. The van der Waals surface area contributed by atoms with Gasteiger partial charge in [0, 0.05) is 40.2 Å². The number of aliphatic hydroxyl groups excluding tert-OH is 2. The van der Waals surface area contributed by atoms with Gasteiger partial charge in [-0.3, -0.25) is 9.20 Å². The molecule has 5 rings (SSSR count). The molecule has 11 heteroatoms. The lowest BCUT2D eigenvalue weighted by Crippen LogP contribution is -2.63. The second kappa shape index (κ2) is 7.59. The molecule has 1 amide bonds. The molecule has 166 valence electrons. The van der Waals surface area contributed by atoms with Gasteiger partial charge < -0.3 is 25.5 Å². The molecule has 0 aromatic carbocycles. The van der Waals surface area contributed by atoms with E-state index in [1.54, 1.807) is 13.3 Å². The number of thiazole rings is 1. The fourth-order valence-electron chi connectivity index (χ4n) is 5.07. The largest absolute Gasteiger partial charge is 0.477 e. The average Bonchev–Trinajstić information content (AvgIpc) is 3.46. The third kappa shape index (κ3) is 3.13. The van der Waals surface area contributed by atoms with Crippen LogP contribution in [0, 0.1) is 11.8 Å². The number of nitrogens with one attached hydrogen (secondary N) is 1. The first-order valence-electron chi connectivity index (χ1n) is 10.3. The van der Waals surface area contributed by atoms with Crippen molar-refractivity contribution in [1.82, 2.24) is 19.6 Å². The van der Waals surface area contributed by atoms with Gasteiger partial charge >= 0.3 is 5.97 Å². The number of aromatic nitrogens is 2. The number of nitrogens with zero attached hydrogens (tertiary/aromatic N) is 3. The Labute approximate surface area is 186 Å². The number of carboxylic acids is 1. The monoisotopic (exact) mass is 464 g/mol. The van der Waals surface area contributed by atoms with E-state index >= 15 is 0 Å². The summed E-state index contributed by atoms with van der Waals surface area (Å²) >= 11 is 3.00. The second-order valence-corrected chi connectivity index (χ2v) is 10.7. The normalized spacial score (nSPS) is 32.5. The number of hydrogen-bond donors (Lipinski definition) is 4. The van der Waals surface area contributed by atoms with Gasteiger partial charge in [0.2, 0.25) is 5.91 Å². The summed E-state index contributed by atoms with van der Waals surface area (Å²) in [6.45, 7) is 4.12. The van der Waals surface area contributed by atoms with Crippen LogP contribution in [0.4, 0.5) is 0 Å². The first-order chi connectivity index (χ1) is 14.8. The fourth-order valence-corrected chi connectivity index (χ4v) is 7.41. The van der Waals surface area contributed by atoms with Gasteiger partial charge in [-0.2, -0.15) is 0 Å². The Morgan fingerprint density at radius 3 is 2.90 bits per heavy atom. The molecule has 0 aliphatic carbocycles. The first-order valence-corrected chi connectivity index (χ1v) is 12.0. The predicted octanol–water partition coefficient (Wildman–Crippen LogP) is 1.05. The van der Waals surface area contributed by atoms with Crippen LogP contribution in [0.25, 0.3) is 4.83 Å². The summed E-state index contributed by atoms with van der Waals surface area (Å²) in [5, 5.41) is 36.0. The number of carbonyl (C=O) groups is 2. The summed E-state index contributed by atoms with van der Waals surface area (Å²) in [5.74, 6) is -2.16. The molecule has 0 bridgehead atoms. The molecule has 2 saturated heterocycles. The summed E-state index contributed by atoms with van der Waals surface area (Å²) < 4.78 is 1.88. The number of aliphatic carboxylic acids is 1. The molecule has 3 aliphatic rings. The van der Waals surface area contributed by atoms with E-state index in [0.717, 1.165) is 4.83 Å². The van der Waals surface area contributed by atoms with E-state index in [4.69, 9.17) is 0 Å². The molecular formula is C20H24N4O5S2. The van der Waals surface area contributed by atoms with Crippen LogP contribution in [0.1, 0.15) is 32.1 Å². The number of aliphatic hydroxyl groups is 2. The number of hydrogen-bond acceptors (Lipinski definition) is 8. The summed E-state index contributed by atoms with van der Waals surface area (Å²) in [5.41, 5.74) is 0.690. The predicted molar refractivity (Wildman–Crippen MR) is 115 cm³/mol. The standard InChI is InChI=1S/C20H24N4O5S2/c1-8-14-12(9(2)25)18(27)24(14)15(20(28)29)17(8)31-10-5-11(21-6-10)16(26)13-19-23(7-22-13)3-4-30-19/h3-4,7-12,14,16,21,25-26H,5-6H2,1-2H3,(H,28,29)/t8-,9-,10+,11+,12-,14-,16?/m1/s1. The van der Waals surface area contributed by atoms with Crippen molar-refractivity contribution in [2.45, 2.75) is 49.8 Å². The molecule has 5 heterocycles. The first kappa shape index (κ1) is 21.0. The van der Waals surface area contributed by atoms with Gasteiger partial charge in [-0.15, -0.1) is 23.1 Å². The number of carbonyl (C=O) groups excluding carboxylic acids is 1. The fraction of sp³-hybridized carbons (Fsp3) is 0.550. The minimum atomic E-state index is -1.12. The summed E-state index contributed by atoms with van der Waals surface area (Å²) in [7, 11) is 0. The van der Waals surface area contributed by atoms with Gasteiger partial charge in [0.1, 0.15) is 28.7 Å². The molecule has 1 unspecified atom stereocenters. The van der Waals surface area contributed by atoms with Crippen LogP contribution in [0.2, 0.25) is 0 Å². The van der Waals surface area contributed by atoms with Crippen LogP contribution in [-0.2, 0) is 9.59 Å². The molecule has 3 aliphatic heterocycles. The zero-order chi connectivity index (χ0) is 22.0. The van der Waals surface area contributed by atoms with Gasteiger partial charge in [-0.05, 0) is 13.3 Å². The van der Waals surface area contributed by atoms with Gasteiger partial charge in [-0.25, -0.2) is 9.78 Å². The number of fused-ring (bicyclic) bond motifs is 2. The van der Waals surface area contributed by atoms with Crippen molar-refractivity contribution < 1.29 is 24.9 Å². The Balaban J connectivity index is 1.33. The topological polar surface area (TPSA) is 127 Å². The van der Waals surface area contributed by atoms with Gasteiger partial charge in [-0.1, -0.05) is 6.92 Å². The van der Waals surface area contributed by atoms with E-state index in [2.05, 4.69) is 10.3 Å². The number of β-lactam (4-membered cyclic amide) rings is 1. The van der Waals surface area contributed by atoms with Crippen LogP contribution < -0.4 is 5.32 Å². The molecule has 9 nitrogen and oxygen atoms in total. The van der Waals surface area contributed by atoms with E-state index in [0.29, 0.717) is 23.6 Å². The van der Waals surface area contributed by atoms with Crippen LogP contribution in [0.15, 0.2) is 28.5 Å². The van der Waals surface area contributed by atoms with Crippen LogP contribution >= 0.6 is 23.1 Å². The molecule has 0 spiro atoms. The number of rotatable bonds is 6. The van der Waals surface area contributed by atoms with Gasteiger partial charge in [0.25, 0.3) is 0 Å². The van der Waals surface area contributed by atoms with Crippen molar-refractivity contribution in [1.29, 1.82) is 0 Å². The summed E-state index contributed by atoms with van der Waals surface area (Å²) in [4.78, 5) is 31.8. The maximum atomic E-state index is 12.5. The van der Waals surface area contributed by atoms with Crippen molar-refractivity contribution in [2.24, 2.45) is 11.8 Å². The van der Waals surface area contributed by atoms with Gasteiger partial charge in [0.15, 0.2) is 0 Å². The molecule has 2 fully saturated rings. The quantitative estimate of drug-likeness (QED) is 0.467. The van der Waals surface area contributed by atoms with E-state index in [9.17, 15) is 24.9 Å². The zero-order valence-electron chi connectivity index (χ0n) is 17.0. The Kier molecular flexibility index (Phi) is 5.13. The van der Waals surface area contributed by atoms with E-state index in [1.165, 1.54) is 28.0 Å². The lowest BCUT2D eigenvalue weighted by Gasteiger charge is -2.46. The maximum Gasteiger partial charge on any atom is 0.353 e. The molecule has 0 radical (unpaired) electrons. The number of imidazole rings is 1. The molecule has 4 N–H and O–H groups in total. The Morgan fingerprint density at radius 2 is 2.19 bits per heavy atom. The number of amides is 1. The highest BCUT2D eigenvalue weighted by Gasteiger charge is 2.60.